The fourth-order valence-corrected chi connectivity index (χ4v) is 2.20. The summed E-state index contributed by atoms with van der Waals surface area (Å²) in [5.74, 6) is 1.53. The first-order chi connectivity index (χ1) is 7.31. The minimum absolute atomic E-state index is 0.281. The first kappa shape index (κ1) is 10.5. The Kier molecular flexibility index (Phi) is 3.27. The van der Waals surface area contributed by atoms with Crippen molar-refractivity contribution in [3.8, 4) is 5.75 Å². The zero-order chi connectivity index (χ0) is 10.7. The van der Waals surface area contributed by atoms with Gasteiger partial charge < -0.3 is 10.5 Å². The van der Waals surface area contributed by atoms with E-state index >= 15 is 0 Å². The third-order valence-corrected chi connectivity index (χ3v) is 3.14. The Bertz CT molecular complexity index is 324. The molecule has 1 aromatic carbocycles. The van der Waals surface area contributed by atoms with Crippen molar-refractivity contribution in [3.05, 3.63) is 29.8 Å². The molecule has 0 amide bonds. The molecule has 1 heterocycles. The Hall–Kier alpha value is -1.02. The monoisotopic (exact) mass is 205 g/mol. The van der Waals surface area contributed by atoms with Crippen molar-refractivity contribution in [3.63, 3.8) is 0 Å². The molecule has 82 valence electrons. The van der Waals surface area contributed by atoms with Gasteiger partial charge in [0.05, 0.1) is 6.61 Å². The maximum atomic E-state index is 6.14. The highest BCUT2D eigenvalue weighted by atomic mass is 16.5. The van der Waals surface area contributed by atoms with Crippen LogP contribution >= 0.6 is 0 Å². The maximum absolute atomic E-state index is 6.14. The molecule has 2 nitrogen and oxygen atoms in total. The van der Waals surface area contributed by atoms with Gasteiger partial charge in [0.25, 0.3) is 0 Å². The maximum Gasteiger partial charge on any atom is 0.122 e. The van der Waals surface area contributed by atoms with E-state index in [9.17, 15) is 0 Å². The Morgan fingerprint density at radius 2 is 2.27 bits per heavy atom. The molecule has 0 radical (unpaired) electrons. The fraction of sp³-hybridized carbons (Fsp3) is 0.538. The van der Waals surface area contributed by atoms with Gasteiger partial charge in [-0.3, -0.25) is 0 Å². The summed E-state index contributed by atoms with van der Waals surface area (Å²) in [6.07, 6.45) is 3.31. The smallest absolute Gasteiger partial charge is 0.122 e. The lowest BCUT2D eigenvalue weighted by Crippen LogP contribution is -2.37. The van der Waals surface area contributed by atoms with Crippen LogP contribution in [-0.2, 0) is 6.42 Å². The van der Waals surface area contributed by atoms with Gasteiger partial charge in [0.2, 0.25) is 0 Å². The number of nitrogens with two attached hydrogens (primary N) is 1. The quantitative estimate of drug-likeness (QED) is 0.822. The normalized spacial score (nSPS) is 21.6. The lowest BCUT2D eigenvalue weighted by Gasteiger charge is -2.29. The van der Waals surface area contributed by atoms with Crippen molar-refractivity contribution >= 4 is 0 Å². The number of rotatable bonds is 3. The molecule has 0 bridgehead atoms. The van der Waals surface area contributed by atoms with Gasteiger partial charge in [0, 0.05) is 12.0 Å². The largest absolute Gasteiger partial charge is 0.493 e. The number of benzene rings is 1. The first-order valence-electron chi connectivity index (χ1n) is 5.77. The fourth-order valence-electron chi connectivity index (χ4n) is 2.20. The van der Waals surface area contributed by atoms with Crippen LogP contribution in [-0.4, -0.2) is 12.6 Å². The molecule has 1 aliphatic rings. The van der Waals surface area contributed by atoms with Crippen molar-refractivity contribution < 1.29 is 4.74 Å². The van der Waals surface area contributed by atoms with Crippen LogP contribution in [0.3, 0.4) is 0 Å². The standard InChI is InChI=1S/C13H19NO/c1-2-5-12(14)11-8-10-6-3-4-7-13(10)15-9-11/h3-4,6-7,11-12H,2,5,8-9,14H2,1H3/t11?,12-/m1/s1. The van der Waals surface area contributed by atoms with E-state index in [4.69, 9.17) is 10.5 Å². The highest BCUT2D eigenvalue weighted by Gasteiger charge is 2.24. The van der Waals surface area contributed by atoms with E-state index < -0.39 is 0 Å². The number of para-hydroxylation sites is 1. The van der Waals surface area contributed by atoms with E-state index in [0.29, 0.717) is 5.92 Å². The molecule has 0 saturated carbocycles. The molecule has 1 aromatic rings. The van der Waals surface area contributed by atoms with Gasteiger partial charge in [-0.05, 0) is 24.5 Å². The highest BCUT2D eigenvalue weighted by molar-refractivity contribution is 5.35. The van der Waals surface area contributed by atoms with Gasteiger partial charge in [0.15, 0.2) is 0 Å². The van der Waals surface area contributed by atoms with E-state index in [1.165, 1.54) is 5.56 Å². The molecule has 0 aromatic heterocycles. The van der Waals surface area contributed by atoms with Crippen LogP contribution in [0.1, 0.15) is 25.3 Å². The van der Waals surface area contributed by atoms with Gasteiger partial charge in [0.1, 0.15) is 5.75 Å². The molecule has 15 heavy (non-hydrogen) atoms. The van der Waals surface area contributed by atoms with Crippen molar-refractivity contribution in [2.75, 3.05) is 6.61 Å². The number of fused-ring (bicyclic) bond motifs is 1. The van der Waals surface area contributed by atoms with Gasteiger partial charge in [-0.25, -0.2) is 0 Å². The number of hydrogen-bond acceptors (Lipinski definition) is 2. The summed E-state index contributed by atoms with van der Waals surface area (Å²) in [6.45, 7) is 2.95. The number of ether oxygens (including phenoxy) is 1. The SMILES string of the molecule is CCC[C@@H](N)C1COc2ccccc2C1. The molecule has 0 fully saturated rings. The Balaban J connectivity index is 2.05. The van der Waals surface area contributed by atoms with E-state index in [-0.39, 0.29) is 6.04 Å². The Morgan fingerprint density at radius 3 is 3.07 bits per heavy atom. The third-order valence-electron chi connectivity index (χ3n) is 3.14. The summed E-state index contributed by atoms with van der Waals surface area (Å²) in [6, 6.07) is 8.54. The van der Waals surface area contributed by atoms with Crippen molar-refractivity contribution in [2.45, 2.75) is 32.2 Å². The summed E-state index contributed by atoms with van der Waals surface area (Å²) >= 11 is 0. The van der Waals surface area contributed by atoms with E-state index in [1.807, 2.05) is 12.1 Å². The van der Waals surface area contributed by atoms with E-state index in [2.05, 4.69) is 19.1 Å². The molecular weight excluding hydrogens is 186 g/mol. The lowest BCUT2D eigenvalue weighted by molar-refractivity contribution is 0.195. The Labute approximate surface area is 91.4 Å². The predicted octanol–water partition coefficient (Wildman–Crippen LogP) is 2.37. The topological polar surface area (TPSA) is 35.2 Å². The van der Waals surface area contributed by atoms with Crippen LogP contribution in [0, 0.1) is 5.92 Å². The van der Waals surface area contributed by atoms with E-state index in [1.54, 1.807) is 0 Å². The minimum Gasteiger partial charge on any atom is -0.493 e. The first-order valence-corrected chi connectivity index (χ1v) is 5.77. The third kappa shape index (κ3) is 2.32. The summed E-state index contributed by atoms with van der Waals surface area (Å²) in [5.41, 5.74) is 7.44. The zero-order valence-corrected chi connectivity index (χ0v) is 9.28. The van der Waals surface area contributed by atoms with Crippen molar-refractivity contribution in [1.29, 1.82) is 0 Å². The summed E-state index contributed by atoms with van der Waals surface area (Å²) in [7, 11) is 0. The van der Waals surface area contributed by atoms with Crippen LogP contribution in [0.2, 0.25) is 0 Å². The van der Waals surface area contributed by atoms with Crippen LogP contribution in [0.15, 0.2) is 24.3 Å². The van der Waals surface area contributed by atoms with Crippen LogP contribution in [0.25, 0.3) is 0 Å². The van der Waals surface area contributed by atoms with Gasteiger partial charge in [-0.2, -0.15) is 0 Å². The lowest BCUT2D eigenvalue weighted by atomic mass is 9.89. The molecular formula is C13H19NO. The average Bonchev–Trinajstić information content (AvgIpc) is 2.29. The molecule has 0 saturated heterocycles. The zero-order valence-electron chi connectivity index (χ0n) is 9.28. The van der Waals surface area contributed by atoms with Gasteiger partial charge >= 0.3 is 0 Å². The highest BCUT2D eigenvalue weighted by Crippen LogP contribution is 2.28. The average molecular weight is 205 g/mol. The summed E-state index contributed by atoms with van der Waals surface area (Å²) in [4.78, 5) is 0. The van der Waals surface area contributed by atoms with Crippen LogP contribution < -0.4 is 10.5 Å². The molecule has 2 atom stereocenters. The molecule has 0 aliphatic carbocycles. The number of hydrogen-bond donors (Lipinski definition) is 1. The van der Waals surface area contributed by atoms with Crippen LogP contribution in [0.5, 0.6) is 5.75 Å². The second kappa shape index (κ2) is 4.67. The summed E-state index contributed by atoms with van der Waals surface area (Å²) < 4.78 is 5.72. The molecule has 1 unspecified atom stereocenters. The predicted molar refractivity (Wildman–Crippen MR) is 62.0 cm³/mol. The van der Waals surface area contributed by atoms with Crippen molar-refractivity contribution in [2.24, 2.45) is 11.7 Å². The molecule has 2 N–H and O–H groups in total. The van der Waals surface area contributed by atoms with Gasteiger partial charge in [-0.15, -0.1) is 0 Å². The second-order valence-electron chi connectivity index (χ2n) is 4.34. The second-order valence-corrected chi connectivity index (χ2v) is 4.34. The van der Waals surface area contributed by atoms with Crippen molar-refractivity contribution in [1.82, 2.24) is 0 Å². The van der Waals surface area contributed by atoms with Gasteiger partial charge in [-0.1, -0.05) is 31.5 Å². The van der Waals surface area contributed by atoms with Crippen LogP contribution in [0.4, 0.5) is 0 Å². The molecule has 0 spiro atoms. The Morgan fingerprint density at radius 1 is 1.47 bits per heavy atom. The molecule has 2 rings (SSSR count). The summed E-state index contributed by atoms with van der Waals surface area (Å²) in [5, 5.41) is 0. The minimum atomic E-state index is 0.281. The van der Waals surface area contributed by atoms with E-state index in [0.717, 1.165) is 31.6 Å². The molecule has 2 heteroatoms. The molecule has 1 aliphatic heterocycles.